The molecule has 4 aliphatic rings. The van der Waals surface area contributed by atoms with Crippen LogP contribution in [-0.4, -0.2) is 83.6 Å². The van der Waals surface area contributed by atoms with Crippen molar-refractivity contribution in [3.63, 3.8) is 0 Å². The minimum absolute atomic E-state index is 0.0608. The Hall–Kier alpha value is -3.74. The van der Waals surface area contributed by atoms with Gasteiger partial charge in [-0.2, -0.15) is 15.2 Å². The molecule has 4 aliphatic heterocycles. The van der Waals surface area contributed by atoms with E-state index in [1.54, 1.807) is 0 Å². The highest BCUT2D eigenvalue weighted by atomic mass is 16.5. The molecule has 0 aliphatic carbocycles. The van der Waals surface area contributed by atoms with E-state index in [0.717, 1.165) is 50.3 Å². The standard InChI is InChI=1S/C33H39N7O2/c1-21-6-3-7-22-8-4-10-29(30(21)22)39-15-12-26-28(19-39)36-33(42-20-25-9-5-14-38(25)2)37-31(26)23-16-24(11-13-34)40(18-23)32(41)27-17-35-27/h3-4,6-8,10,23-25,27,35H,5,9,11-12,14-20H2,1-2H3/t23?,24-,25-,27+/m0/s1. The molecule has 218 valence electrons. The molecule has 9 nitrogen and oxygen atoms in total. The largest absolute Gasteiger partial charge is 0.462 e. The van der Waals surface area contributed by atoms with Gasteiger partial charge in [0.25, 0.3) is 0 Å². The van der Waals surface area contributed by atoms with Crippen molar-refractivity contribution in [1.82, 2.24) is 25.1 Å². The second kappa shape index (κ2) is 11.2. The van der Waals surface area contributed by atoms with Crippen molar-refractivity contribution >= 4 is 22.4 Å². The first-order chi connectivity index (χ1) is 20.5. The number of fused-ring (bicyclic) bond motifs is 2. The Labute approximate surface area is 247 Å². The van der Waals surface area contributed by atoms with E-state index in [4.69, 9.17) is 14.7 Å². The van der Waals surface area contributed by atoms with Gasteiger partial charge in [-0.1, -0.05) is 30.3 Å². The maximum Gasteiger partial charge on any atom is 0.316 e. The van der Waals surface area contributed by atoms with E-state index in [0.29, 0.717) is 38.2 Å². The number of hydrogen-bond donors (Lipinski definition) is 1. The van der Waals surface area contributed by atoms with Gasteiger partial charge in [-0.15, -0.1) is 0 Å². The van der Waals surface area contributed by atoms with E-state index < -0.39 is 0 Å². The predicted octanol–water partition coefficient (Wildman–Crippen LogP) is 3.54. The smallest absolute Gasteiger partial charge is 0.316 e. The van der Waals surface area contributed by atoms with Gasteiger partial charge in [0, 0.05) is 48.7 Å². The summed E-state index contributed by atoms with van der Waals surface area (Å²) in [7, 11) is 2.15. The molecule has 0 radical (unpaired) electrons. The normalized spacial score (nSPS) is 25.5. The first-order valence-electron chi connectivity index (χ1n) is 15.4. The monoisotopic (exact) mass is 565 g/mol. The fraction of sp³-hybridized carbons (Fsp3) is 0.515. The number of aryl methyl sites for hydroxylation is 1. The van der Waals surface area contributed by atoms with E-state index in [9.17, 15) is 10.1 Å². The number of likely N-dealkylation sites (N-methyl/N-ethyl adjacent to an activating group) is 1. The second-order valence-electron chi connectivity index (χ2n) is 12.4. The van der Waals surface area contributed by atoms with Crippen LogP contribution in [0.3, 0.4) is 0 Å². The van der Waals surface area contributed by atoms with E-state index in [1.165, 1.54) is 34.0 Å². The van der Waals surface area contributed by atoms with Crippen molar-refractivity contribution in [3.05, 3.63) is 58.9 Å². The minimum Gasteiger partial charge on any atom is -0.462 e. The summed E-state index contributed by atoms with van der Waals surface area (Å²) < 4.78 is 6.33. The lowest BCUT2D eigenvalue weighted by Crippen LogP contribution is -2.39. The molecule has 0 saturated carbocycles. The van der Waals surface area contributed by atoms with Crippen molar-refractivity contribution in [2.75, 3.05) is 44.7 Å². The highest BCUT2D eigenvalue weighted by molar-refractivity contribution is 5.97. The fourth-order valence-electron chi connectivity index (χ4n) is 7.29. The Morgan fingerprint density at radius 1 is 1.17 bits per heavy atom. The predicted molar refractivity (Wildman–Crippen MR) is 161 cm³/mol. The van der Waals surface area contributed by atoms with Crippen molar-refractivity contribution < 1.29 is 9.53 Å². The summed E-state index contributed by atoms with van der Waals surface area (Å²) >= 11 is 0. The summed E-state index contributed by atoms with van der Waals surface area (Å²) in [4.78, 5) is 29.9. The highest BCUT2D eigenvalue weighted by Gasteiger charge is 2.43. The lowest BCUT2D eigenvalue weighted by atomic mass is 9.92. The third-order valence-corrected chi connectivity index (χ3v) is 9.70. The first kappa shape index (κ1) is 27.1. The van der Waals surface area contributed by atoms with Gasteiger partial charge in [0.05, 0.1) is 36.5 Å². The van der Waals surface area contributed by atoms with Gasteiger partial charge < -0.3 is 24.8 Å². The van der Waals surface area contributed by atoms with Crippen LogP contribution in [0, 0.1) is 18.3 Å². The van der Waals surface area contributed by atoms with Crippen molar-refractivity contribution in [2.24, 2.45) is 0 Å². The van der Waals surface area contributed by atoms with E-state index >= 15 is 0 Å². The Kier molecular flexibility index (Phi) is 7.20. The summed E-state index contributed by atoms with van der Waals surface area (Å²) in [5.74, 6) is 0.171. The topological polar surface area (TPSA) is 108 Å². The number of rotatable bonds is 7. The number of anilines is 1. The van der Waals surface area contributed by atoms with Crippen LogP contribution in [0.1, 0.15) is 54.1 Å². The summed E-state index contributed by atoms with van der Waals surface area (Å²) in [6, 6.07) is 15.9. The van der Waals surface area contributed by atoms with Gasteiger partial charge in [-0.05, 0) is 68.8 Å². The van der Waals surface area contributed by atoms with Gasteiger partial charge in [-0.25, -0.2) is 0 Å². The molecule has 7 rings (SSSR count). The molecular formula is C33H39N7O2. The molecule has 3 aromatic rings. The molecule has 0 bridgehead atoms. The fourth-order valence-corrected chi connectivity index (χ4v) is 7.29. The number of carbonyl (C=O) groups excluding carboxylic acids is 1. The van der Waals surface area contributed by atoms with Crippen molar-refractivity contribution in [3.8, 4) is 12.1 Å². The molecule has 3 saturated heterocycles. The molecule has 1 amide bonds. The van der Waals surface area contributed by atoms with Crippen LogP contribution in [0.5, 0.6) is 6.01 Å². The second-order valence-corrected chi connectivity index (χ2v) is 12.4. The van der Waals surface area contributed by atoms with Crippen LogP contribution in [0.2, 0.25) is 0 Å². The lowest BCUT2D eigenvalue weighted by molar-refractivity contribution is -0.131. The molecule has 1 unspecified atom stereocenters. The number of amides is 1. The Bertz CT molecular complexity index is 1540. The number of carbonyl (C=O) groups is 1. The number of nitrogens with one attached hydrogen (secondary N) is 1. The first-order valence-corrected chi connectivity index (χ1v) is 15.4. The van der Waals surface area contributed by atoms with Gasteiger partial charge in [0.2, 0.25) is 5.91 Å². The molecule has 42 heavy (non-hydrogen) atoms. The minimum atomic E-state index is -0.107. The number of benzene rings is 2. The van der Waals surface area contributed by atoms with Gasteiger partial charge >= 0.3 is 6.01 Å². The van der Waals surface area contributed by atoms with E-state index in [-0.39, 0.29) is 23.9 Å². The third-order valence-electron chi connectivity index (χ3n) is 9.70. The summed E-state index contributed by atoms with van der Waals surface area (Å²) in [6.07, 6.45) is 4.21. The van der Waals surface area contributed by atoms with E-state index in [1.807, 2.05) is 4.90 Å². The Morgan fingerprint density at radius 3 is 2.76 bits per heavy atom. The highest BCUT2D eigenvalue weighted by Crippen LogP contribution is 2.39. The summed E-state index contributed by atoms with van der Waals surface area (Å²) in [5.41, 5.74) is 5.71. The summed E-state index contributed by atoms with van der Waals surface area (Å²) in [5, 5.41) is 15.2. The lowest BCUT2D eigenvalue weighted by Gasteiger charge is -2.33. The molecule has 3 fully saturated rings. The number of likely N-dealkylation sites (tertiary alicyclic amines) is 2. The zero-order chi connectivity index (χ0) is 28.8. The van der Waals surface area contributed by atoms with Crippen LogP contribution in [0.15, 0.2) is 36.4 Å². The maximum absolute atomic E-state index is 13.1. The van der Waals surface area contributed by atoms with Gasteiger partial charge in [0.15, 0.2) is 0 Å². The molecular weight excluding hydrogens is 526 g/mol. The van der Waals surface area contributed by atoms with Crippen LogP contribution in [-0.2, 0) is 17.8 Å². The number of aromatic nitrogens is 2. The SMILES string of the molecule is Cc1cccc2cccc(N3CCc4c(nc(OC[C@@H]5CCCN5C)nc4C4C[C@H](CC#N)N(C(=O)[C@H]5CN5)C4)C3)c12. The Morgan fingerprint density at radius 2 is 2.00 bits per heavy atom. The Balaban J connectivity index is 1.23. The number of nitrogens with zero attached hydrogens (tertiary/aromatic N) is 6. The number of ether oxygens (including phenoxy) is 1. The molecule has 1 N–H and O–H groups in total. The van der Waals surface area contributed by atoms with Crippen LogP contribution in [0.4, 0.5) is 5.69 Å². The number of hydrogen-bond acceptors (Lipinski definition) is 8. The molecule has 5 heterocycles. The maximum atomic E-state index is 13.1. The zero-order valence-electron chi connectivity index (χ0n) is 24.6. The molecule has 1 aromatic heterocycles. The van der Waals surface area contributed by atoms with Gasteiger partial charge in [-0.3, -0.25) is 4.79 Å². The molecule has 9 heteroatoms. The molecule has 0 spiro atoms. The van der Waals surface area contributed by atoms with Crippen LogP contribution < -0.4 is 15.0 Å². The van der Waals surface area contributed by atoms with Crippen LogP contribution in [0.25, 0.3) is 10.8 Å². The van der Waals surface area contributed by atoms with Crippen molar-refractivity contribution in [2.45, 2.75) is 69.6 Å². The van der Waals surface area contributed by atoms with Crippen molar-refractivity contribution in [1.29, 1.82) is 5.26 Å². The summed E-state index contributed by atoms with van der Waals surface area (Å²) in [6.45, 7) is 6.70. The molecule has 2 aromatic carbocycles. The average Bonchev–Trinajstić information content (AvgIpc) is 3.65. The quantitative estimate of drug-likeness (QED) is 0.434. The average molecular weight is 566 g/mol. The third kappa shape index (κ3) is 5.07. The number of nitriles is 1. The zero-order valence-corrected chi connectivity index (χ0v) is 24.6. The van der Waals surface area contributed by atoms with Gasteiger partial charge in [0.1, 0.15) is 6.61 Å². The van der Waals surface area contributed by atoms with Crippen LogP contribution >= 0.6 is 0 Å². The van der Waals surface area contributed by atoms with E-state index in [2.05, 4.69) is 71.6 Å². The molecule has 4 atom stereocenters.